The first-order valence-electron chi connectivity index (χ1n) is 6.06. The van der Waals surface area contributed by atoms with Gasteiger partial charge in [-0.1, -0.05) is 35.3 Å². The number of hydrogen-bond acceptors (Lipinski definition) is 1. The maximum Gasteiger partial charge on any atom is 0.175 e. The largest absolute Gasteiger partial charge is 0.332 e. The van der Waals surface area contributed by atoms with Crippen LogP contribution >= 0.6 is 35.4 Å². The Kier molecular flexibility index (Phi) is 4.86. The number of aryl methyl sites for hydroxylation is 2. The van der Waals surface area contributed by atoms with E-state index >= 15 is 0 Å². The van der Waals surface area contributed by atoms with E-state index < -0.39 is 0 Å². The van der Waals surface area contributed by atoms with Crippen molar-refractivity contribution in [1.29, 1.82) is 0 Å². The molecule has 2 N–H and O–H groups in total. The van der Waals surface area contributed by atoms with Crippen molar-refractivity contribution < 1.29 is 0 Å². The smallest absolute Gasteiger partial charge is 0.175 e. The number of rotatable bonds is 2. The van der Waals surface area contributed by atoms with Crippen molar-refractivity contribution in [1.82, 2.24) is 0 Å². The fraction of sp³-hybridized carbons (Fsp3) is 0.133. The van der Waals surface area contributed by atoms with Gasteiger partial charge in [-0.3, -0.25) is 0 Å². The second-order valence-electron chi connectivity index (χ2n) is 4.53. The van der Waals surface area contributed by atoms with Gasteiger partial charge in [-0.15, -0.1) is 0 Å². The summed E-state index contributed by atoms with van der Waals surface area (Å²) in [4.78, 5) is 0. The van der Waals surface area contributed by atoms with Crippen LogP contribution in [0.5, 0.6) is 0 Å². The van der Waals surface area contributed by atoms with Crippen LogP contribution in [0.15, 0.2) is 36.4 Å². The van der Waals surface area contributed by atoms with Crippen LogP contribution in [0.1, 0.15) is 11.1 Å². The van der Waals surface area contributed by atoms with Crippen molar-refractivity contribution in [3.8, 4) is 0 Å². The summed E-state index contributed by atoms with van der Waals surface area (Å²) in [6, 6.07) is 11.5. The highest BCUT2D eigenvalue weighted by Gasteiger charge is 2.04. The number of thiocarbonyl (C=S) groups is 1. The molecule has 2 aromatic carbocycles. The highest BCUT2D eigenvalue weighted by Crippen LogP contribution is 2.25. The van der Waals surface area contributed by atoms with Crippen molar-refractivity contribution in [3.05, 3.63) is 57.6 Å². The minimum atomic E-state index is 0.492. The van der Waals surface area contributed by atoms with Crippen molar-refractivity contribution in [2.24, 2.45) is 0 Å². The van der Waals surface area contributed by atoms with Gasteiger partial charge in [-0.25, -0.2) is 0 Å². The van der Waals surface area contributed by atoms with E-state index in [1.54, 1.807) is 12.1 Å². The number of hydrogen-bond donors (Lipinski definition) is 2. The summed E-state index contributed by atoms with van der Waals surface area (Å²) in [6.45, 7) is 4.07. The van der Waals surface area contributed by atoms with Crippen LogP contribution in [0.4, 0.5) is 11.4 Å². The zero-order valence-corrected chi connectivity index (χ0v) is 13.5. The van der Waals surface area contributed by atoms with E-state index in [2.05, 4.69) is 28.8 Å². The third-order valence-corrected chi connectivity index (χ3v) is 3.76. The zero-order chi connectivity index (χ0) is 14.7. The van der Waals surface area contributed by atoms with Gasteiger partial charge in [-0.2, -0.15) is 0 Å². The molecule has 0 fully saturated rings. The van der Waals surface area contributed by atoms with Gasteiger partial charge in [0.05, 0.1) is 10.0 Å². The Bertz CT molecular complexity index is 656. The molecule has 2 nitrogen and oxygen atoms in total. The molecule has 0 aliphatic rings. The second-order valence-corrected chi connectivity index (χ2v) is 5.75. The first kappa shape index (κ1) is 15.1. The first-order valence-corrected chi connectivity index (χ1v) is 7.22. The van der Waals surface area contributed by atoms with Crippen LogP contribution in [0.2, 0.25) is 10.0 Å². The predicted molar refractivity (Wildman–Crippen MR) is 92.2 cm³/mol. The third kappa shape index (κ3) is 3.85. The van der Waals surface area contributed by atoms with Gasteiger partial charge in [-0.05, 0) is 61.5 Å². The Morgan fingerprint density at radius 3 is 2.40 bits per heavy atom. The summed E-state index contributed by atoms with van der Waals surface area (Å²) in [5.74, 6) is 0. The molecule has 2 rings (SSSR count). The number of nitrogens with one attached hydrogen (secondary N) is 2. The second kappa shape index (κ2) is 6.44. The molecule has 0 spiro atoms. The van der Waals surface area contributed by atoms with Crippen molar-refractivity contribution >= 4 is 51.9 Å². The molecule has 104 valence electrons. The fourth-order valence-electron chi connectivity index (χ4n) is 1.73. The summed E-state index contributed by atoms with van der Waals surface area (Å²) in [6.07, 6.45) is 0. The third-order valence-electron chi connectivity index (χ3n) is 2.82. The molecule has 0 radical (unpaired) electrons. The lowest BCUT2D eigenvalue weighted by Crippen LogP contribution is -2.19. The molecule has 0 aliphatic heterocycles. The Labute approximate surface area is 134 Å². The summed E-state index contributed by atoms with van der Waals surface area (Å²) < 4.78 is 0. The Morgan fingerprint density at radius 1 is 0.950 bits per heavy atom. The Morgan fingerprint density at radius 2 is 1.70 bits per heavy atom. The summed E-state index contributed by atoms with van der Waals surface area (Å²) in [5, 5.41) is 7.78. The minimum absolute atomic E-state index is 0.492. The maximum absolute atomic E-state index is 5.97. The van der Waals surface area contributed by atoms with Crippen molar-refractivity contribution in [2.75, 3.05) is 10.6 Å². The molecule has 0 aromatic heterocycles. The highest BCUT2D eigenvalue weighted by atomic mass is 35.5. The standard InChI is InChI=1S/C15H14Cl2N2S/c1-9-3-4-10(2)14(7-9)19-15(20)18-11-5-6-12(16)13(17)8-11/h3-8H,1-2H3,(H2,18,19,20). The van der Waals surface area contributed by atoms with Gasteiger partial charge in [0.2, 0.25) is 0 Å². The average Bonchev–Trinajstić information content (AvgIpc) is 2.38. The molecule has 0 aliphatic carbocycles. The molecule has 0 atom stereocenters. The van der Waals surface area contributed by atoms with E-state index in [9.17, 15) is 0 Å². The molecule has 0 saturated carbocycles. The molecular formula is C15H14Cl2N2S. The van der Waals surface area contributed by atoms with Crippen molar-refractivity contribution in [2.45, 2.75) is 13.8 Å². The van der Waals surface area contributed by atoms with E-state index in [1.165, 1.54) is 5.56 Å². The van der Waals surface area contributed by atoms with Crippen LogP contribution in [0.3, 0.4) is 0 Å². The molecule has 2 aromatic rings. The minimum Gasteiger partial charge on any atom is -0.332 e. The molecule has 0 amide bonds. The SMILES string of the molecule is Cc1ccc(C)c(NC(=S)Nc2ccc(Cl)c(Cl)c2)c1. The van der Waals surface area contributed by atoms with Crippen LogP contribution in [0.25, 0.3) is 0 Å². The molecule has 20 heavy (non-hydrogen) atoms. The molecule has 0 saturated heterocycles. The Balaban J connectivity index is 2.09. The van der Waals surface area contributed by atoms with Gasteiger partial charge in [0.1, 0.15) is 0 Å². The van der Waals surface area contributed by atoms with Gasteiger partial charge >= 0.3 is 0 Å². The predicted octanol–water partition coefficient (Wildman–Crippen LogP) is 5.42. The molecular weight excluding hydrogens is 311 g/mol. The first-order chi connectivity index (χ1) is 9.45. The zero-order valence-electron chi connectivity index (χ0n) is 11.1. The lowest BCUT2D eigenvalue weighted by atomic mass is 10.1. The highest BCUT2D eigenvalue weighted by molar-refractivity contribution is 7.80. The topological polar surface area (TPSA) is 24.1 Å². The van der Waals surface area contributed by atoms with E-state index in [1.807, 2.05) is 19.9 Å². The van der Waals surface area contributed by atoms with Crippen molar-refractivity contribution in [3.63, 3.8) is 0 Å². The van der Waals surface area contributed by atoms with Crippen LogP contribution in [-0.2, 0) is 0 Å². The molecule has 0 heterocycles. The van der Waals surface area contributed by atoms with Gasteiger partial charge < -0.3 is 10.6 Å². The van der Waals surface area contributed by atoms with Crippen LogP contribution < -0.4 is 10.6 Å². The lowest BCUT2D eigenvalue weighted by molar-refractivity contribution is 1.39. The molecule has 5 heteroatoms. The monoisotopic (exact) mass is 324 g/mol. The van der Waals surface area contributed by atoms with E-state index in [0.29, 0.717) is 15.2 Å². The maximum atomic E-state index is 5.97. The van der Waals surface area contributed by atoms with Crippen LogP contribution in [0, 0.1) is 13.8 Å². The normalized spacial score (nSPS) is 10.2. The average molecular weight is 325 g/mol. The van der Waals surface area contributed by atoms with Gasteiger partial charge in [0.15, 0.2) is 5.11 Å². The summed E-state index contributed by atoms with van der Waals surface area (Å²) >= 11 is 17.1. The summed E-state index contributed by atoms with van der Waals surface area (Å²) in [7, 11) is 0. The fourth-order valence-corrected chi connectivity index (χ4v) is 2.25. The van der Waals surface area contributed by atoms with E-state index in [0.717, 1.165) is 16.9 Å². The van der Waals surface area contributed by atoms with E-state index in [4.69, 9.17) is 35.4 Å². The van der Waals surface area contributed by atoms with Gasteiger partial charge in [0.25, 0.3) is 0 Å². The number of halogens is 2. The number of anilines is 2. The van der Waals surface area contributed by atoms with Crippen LogP contribution in [-0.4, -0.2) is 5.11 Å². The lowest BCUT2D eigenvalue weighted by Gasteiger charge is -2.13. The molecule has 0 unspecified atom stereocenters. The van der Waals surface area contributed by atoms with Gasteiger partial charge in [0, 0.05) is 11.4 Å². The number of benzene rings is 2. The quantitative estimate of drug-likeness (QED) is 0.721. The molecule has 0 bridgehead atoms. The van der Waals surface area contributed by atoms with E-state index in [-0.39, 0.29) is 0 Å². The Hall–Kier alpha value is -1.29. The summed E-state index contributed by atoms with van der Waals surface area (Å²) in [5.41, 5.74) is 4.09.